The van der Waals surface area contributed by atoms with Gasteiger partial charge in [-0.3, -0.25) is 14.7 Å². The first-order chi connectivity index (χ1) is 24.4. The van der Waals surface area contributed by atoms with E-state index in [4.69, 9.17) is 14.2 Å². The maximum absolute atomic E-state index is 14.7. The highest BCUT2D eigenvalue weighted by Gasteiger charge is 2.50. The van der Waals surface area contributed by atoms with Crippen molar-refractivity contribution in [2.24, 2.45) is 0 Å². The molecule has 3 aromatic rings. The molecule has 2 aliphatic rings. The topological polar surface area (TPSA) is 143 Å². The van der Waals surface area contributed by atoms with Crippen LogP contribution < -0.4 is 9.64 Å². The van der Waals surface area contributed by atoms with Crippen molar-refractivity contribution in [3.05, 3.63) is 70.3 Å². The van der Waals surface area contributed by atoms with Gasteiger partial charge in [-0.1, -0.05) is 12.5 Å². The van der Waals surface area contributed by atoms with Gasteiger partial charge in [-0.25, -0.2) is 14.6 Å². The highest BCUT2D eigenvalue weighted by atomic mass is 16.6. The molecule has 1 fully saturated rings. The molecular weight excluding hydrogens is 662 g/mol. The van der Waals surface area contributed by atoms with Crippen molar-refractivity contribution < 1.29 is 28.6 Å². The predicted octanol–water partition coefficient (Wildman–Crippen LogP) is 6.97. The first-order valence-corrected chi connectivity index (χ1v) is 17.8. The Kier molecular flexibility index (Phi) is 10.6. The Hall–Kier alpha value is -5.12. The molecule has 2 aromatic heterocycles. The molecule has 0 saturated heterocycles. The van der Waals surface area contributed by atoms with E-state index in [2.05, 4.69) is 22.1 Å². The summed E-state index contributed by atoms with van der Waals surface area (Å²) in [6.45, 7) is 16.1. The Morgan fingerprint density at radius 3 is 2.31 bits per heavy atom. The molecule has 1 atom stereocenters. The molecule has 0 bridgehead atoms. The molecule has 1 aliphatic heterocycles. The monoisotopic (exact) mass is 713 g/mol. The van der Waals surface area contributed by atoms with E-state index in [1.54, 1.807) is 58.2 Å². The quantitative estimate of drug-likeness (QED) is 0.230. The molecule has 1 aromatic carbocycles. The molecule has 3 heterocycles. The Morgan fingerprint density at radius 2 is 1.71 bits per heavy atom. The number of carbonyl (C=O) groups excluding carboxylic acids is 3. The highest BCUT2D eigenvalue weighted by Crippen LogP contribution is 2.51. The van der Waals surface area contributed by atoms with Crippen molar-refractivity contribution in [3.8, 4) is 11.8 Å². The number of anilines is 1. The molecule has 1 unspecified atom stereocenters. The van der Waals surface area contributed by atoms with Gasteiger partial charge in [-0.15, -0.1) is 0 Å². The van der Waals surface area contributed by atoms with Gasteiger partial charge in [0, 0.05) is 62.8 Å². The number of fused-ring (bicyclic) bond motifs is 2. The van der Waals surface area contributed by atoms with Gasteiger partial charge < -0.3 is 28.6 Å². The zero-order valence-electron chi connectivity index (χ0n) is 32.1. The van der Waals surface area contributed by atoms with E-state index in [-0.39, 0.29) is 17.9 Å². The summed E-state index contributed by atoms with van der Waals surface area (Å²) in [5, 5.41) is 9.60. The van der Waals surface area contributed by atoms with E-state index >= 15 is 0 Å². The number of hydrogen-bond acceptors (Lipinski definition) is 9. The van der Waals surface area contributed by atoms with Gasteiger partial charge >= 0.3 is 12.2 Å². The summed E-state index contributed by atoms with van der Waals surface area (Å²) in [5.41, 5.74) is 2.50. The Balaban J connectivity index is 1.58. The van der Waals surface area contributed by atoms with Crippen LogP contribution in [0, 0.1) is 11.3 Å². The molecule has 5 rings (SSSR count). The fourth-order valence-electron chi connectivity index (χ4n) is 6.93. The van der Waals surface area contributed by atoms with Crippen molar-refractivity contribution in [3.63, 3.8) is 0 Å². The van der Waals surface area contributed by atoms with Crippen LogP contribution in [0.2, 0.25) is 0 Å². The molecule has 0 N–H and O–H groups in total. The molecule has 13 heteroatoms. The Morgan fingerprint density at radius 1 is 1.04 bits per heavy atom. The van der Waals surface area contributed by atoms with Crippen LogP contribution in [-0.2, 0) is 28.0 Å². The molecule has 1 spiro atoms. The number of aromatic nitrogens is 3. The minimum atomic E-state index is -0.685. The maximum Gasteiger partial charge on any atom is 0.416 e. The minimum Gasteiger partial charge on any atom is -0.492 e. The fourth-order valence-corrected chi connectivity index (χ4v) is 6.93. The van der Waals surface area contributed by atoms with E-state index in [1.807, 2.05) is 50.2 Å². The van der Waals surface area contributed by atoms with Crippen molar-refractivity contribution in [2.75, 3.05) is 32.1 Å². The molecule has 13 nitrogen and oxygen atoms in total. The highest BCUT2D eigenvalue weighted by molar-refractivity contribution is 5.98. The summed E-state index contributed by atoms with van der Waals surface area (Å²) < 4.78 is 18.9. The average molecular weight is 714 g/mol. The lowest BCUT2D eigenvalue weighted by Gasteiger charge is -2.52. The summed E-state index contributed by atoms with van der Waals surface area (Å²) in [6.07, 6.45) is 6.67. The van der Waals surface area contributed by atoms with Crippen LogP contribution in [0.5, 0.6) is 5.75 Å². The van der Waals surface area contributed by atoms with Crippen molar-refractivity contribution in [1.82, 2.24) is 24.3 Å². The largest absolute Gasteiger partial charge is 0.492 e. The lowest BCUT2D eigenvalue weighted by atomic mass is 9.60. The van der Waals surface area contributed by atoms with Crippen molar-refractivity contribution in [2.45, 2.75) is 110 Å². The fraction of sp³-hybridized carbons (Fsp3) is 0.538. The van der Waals surface area contributed by atoms with Crippen LogP contribution in [0.15, 0.2) is 36.8 Å². The second-order valence-corrected chi connectivity index (χ2v) is 15.8. The summed E-state index contributed by atoms with van der Waals surface area (Å²) >= 11 is 0. The van der Waals surface area contributed by atoms with Gasteiger partial charge in [-0.2, -0.15) is 5.26 Å². The zero-order chi connectivity index (χ0) is 38.2. The van der Waals surface area contributed by atoms with Crippen LogP contribution in [0.3, 0.4) is 0 Å². The number of rotatable bonds is 9. The van der Waals surface area contributed by atoms with Crippen molar-refractivity contribution >= 4 is 24.0 Å². The normalized spacial score (nSPS) is 15.6. The van der Waals surface area contributed by atoms with Crippen LogP contribution in [0.4, 0.5) is 15.5 Å². The first-order valence-electron chi connectivity index (χ1n) is 17.8. The second-order valence-electron chi connectivity index (χ2n) is 15.8. The minimum absolute atomic E-state index is 0.149. The molecular formula is C39H51N7O6. The van der Waals surface area contributed by atoms with Gasteiger partial charge in [0.25, 0.3) is 5.91 Å². The molecule has 52 heavy (non-hydrogen) atoms. The number of hydrogen-bond donors (Lipinski definition) is 0. The number of imidazole rings is 1. The predicted molar refractivity (Wildman–Crippen MR) is 195 cm³/mol. The standard InChI is InChI=1S/C39H51N7O6/c1-11-50-31-19-30(42-21-28(31)20-40)25(2)46-24-39(13-12-14-39)32-27(23-43(9)35(48)51-37(3,4)5)17-26(18-29(32)33(46)47)22-45-16-15-41-34(45)44(10)36(49)52-38(6,7)8/h15-19,21,25H,11-14,22-24H2,1-10H3. The number of carbonyl (C=O) groups is 3. The van der Waals surface area contributed by atoms with Gasteiger partial charge in [0.15, 0.2) is 0 Å². The number of nitrogens with zero attached hydrogens (tertiary/aromatic N) is 7. The Labute approximate surface area is 306 Å². The van der Waals surface area contributed by atoms with Crippen LogP contribution in [0.1, 0.15) is 119 Å². The van der Waals surface area contributed by atoms with Gasteiger partial charge in [0.1, 0.15) is 28.6 Å². The summed E-state index contributed by atoms with van der Waals surface area (Å²) in [6, 6.07) is 7.46. The third-order valence-corrected chi connectivity index (χ3v) is 9.41. The number of nitriles is 1. The third-order valence-electron chi connectivity index (χ3n) is 9.41. The third kappa shape index (κ3) is 8.01. The maximum atomic E-state index is 14.7. The summed E-state index contributed by atoms with van der Waals surface area (Å²) in [7, 11) is 3.31. The van der Waals surface area contributed by atoms with E-state index in [0.29, 0.717) is 48.2 Å². The molecule has 0 radical (unpaired) electrons. The van der Waals surface area contributed by atoms with Gasteiger partial charge in [-0.05, 0) is 91.0 Å². The van der Waals surface area contributed by atoms with Crippen LogP contribution in [0.25, 0.3) is 0 Å². The summed E-state index contributed by atoms with van der Waals surface area (Å²) in [4.78, 5) is 54.7. The smallest absolute Gasteiger partial charge is 0.416 e. The van der Waals surface area contributed by atoms with Gasteiger partial charge in [0.2, 0.25) is 5.95 Å². The van der Waals surface area contributed by atoms with Crippen LogP contribution >= 0.6 is 0 Å². The summed E-state index contributed by atoms with van der Waals surface area (Å²) in [5.74, 6) is 0.671. The Bertz CT molecular complexity index is 1880. The number of amides is 3. The van der Waals surface area contributed by atoms with Crippen LogP contribution in [-0.4, -0.2) is 80.9 Å². The van der Waals surface area contributed by atoms with Gasteiger partial charge in [0.05, 0.1) is 24.9 Å². The second kappa shape index (κ2) is 14.5. The molecule has 1 aliphatic carbocycles. The SMILES string of the molecule is CCOc1cc(C(C)N2CC3(CCC3)c3c(CN(C)C(=O)OC(C)(C)C)cc(Cn4ccnc4N(C)C(=O)OC(C)(C)C)cc3C2=O)ncc1C#N. The average Bonchev–Trinajstić information content (AvgIpc) is 3.50. The molecule has 1 saturated carbocycles. The lowest BCUT2D eigenvalue weighted by molar-refractivity contribution is 0.0281. The number of pyridine rings is 1. The number of ether oxygens (including phenoxy) is 3. The van der Waals surface area contributed by atoms with Crippen molar-refractivity contribution in [1.29, 1.82) is 5.26 Å². The van der Waals surface area contributed by atoms with E-state index < -0.39 is 29.4 Å². The zero-order valence-corrected chi connectivity index (χ0v) is 32.1. The first kappa shape index (κ1) is 38.1. The van der Waals surface area contributed by atoms with E-state index in [9.17, 15) is 19.6 Å². The van der Waals surface area contributed by atoms with E-state index in [0.717, 1.165) is 36.0 Å². The van der Waals surface area contributed by atoms with E-state index in [1.165, 1.54) is 11.1 Å². The molecule has 3 amide bonds. The molecule has 278 valence electrons. The lowest BCUT2D eigenvalue weighted by Crippen LogP contribution is -2.54. The number of benzene rings is 1.